The number of carbonyl (C=O) groups is 1. The van der Waals surface area contributed by atoms with E-state index in [9.17, 15) is 4.79 Å². The van der Waals surface area contributed by atoms with E-state index in [-0.39, 0.29) is 11.7 Å². The maximum absolute atomic E-state index is 12.4. The lowest BCUT2D eigenvalue weighted by Crippen LogP contribution is -2.14. The zero-order valence-corrected chi connectivity index (χ0v) is 18.0. The molecule has 0 aliphatic rings. The predicted octanol–water partition coefficient (Wildman–Crippen LogP) is 4.79. The minimum atomic E-state index is -0.107. The SMILES string of the molecule is COc1ccc(-c2csc(NC(=O)CSc3nccn3Cc3ccccc3)n2)cc1. The van der Waals surface area contributed by atoms with Gasteiger partial charge < -0.3 is 14.6 Å². The molecule has 1 N–H and O–H groups in total. The second-order valence-electron chi connectivity index (χ2n) is 6.43. The Hall–Kier alpha value is -3.10. The Morgan fingerprint density at radius 1 is 1.17 bits per heavy atom. The van der Waals surface area contributed by atoms with E-state index in [1.165, 1.54) is 28.7 Å². The number of thiazole rings is 1. The number of anilines is 1. The van der Waals surface area contributed by atoms with Crippen molar-refractivity contribution in [2.24, 2.45) is 0 Å². The minimum absolute atomic E-state index is 0.107. The van der Waals surface area contributed by atoms with Gasteiger partial charge in [-0.1, -0.05) is 42.1 Å². The van der Waals surface area contributed by atoms with Crippen LogP contribution < -0.4 is 10.1 Å². The van der Waals surface area contributed by atoms with Gasteiger partial charge in [0.25, 0.3) is 0 Å². The number of methoxy groups -OCH3 is 1. The molecule has 0 aliphatic carbocycles. The van der Waals surface area contributed by atoms with Crippen LogP contribution in [0, 0.1) is 0 Å². The summed E-state index contributed by atoms with van der Waals surface area (Å²) in [5, 5.41) is 6.19. The fourth-order valence-electron chi connectivity index (χ4n) is 2.85. The summed E-state index contributed by atoms with van der Waals surface area (Å²) in [5.41, 5.74) is 2.99. The monoisotopic (exact) mass is 436 g/mol. The zero-order chi connectivity index (χ0) is 20.8. The van der Waals surface area contributed by atoms with Crippen molar-refractivity contribution < 1.29 is 9.53 Å². The first-order valence-corrected chi connectivity index (χ1v) is 11.2. The minimum Gasteiger partial charge on any atom is -0.497 e. The van der Waals surface area contributed by atoms with Crippen molar-refractivity contribution in [3.63, 3.8) is 0 Å². The van der Waals surface area contributed by atoms with Crippen LogP contribution in [0.2, 0.25) is 0 Å². The molecule has 6 nitrogen and oxygen atoms in total. The van der Waals surface area contributed by atoms with E-state index >= 15 is 0 Å². The first-order chi connectivity index (χ1) is 14.7. The van der Waals surface area contributed by atoms with Gasteiger partial charge in [-0.2, -0.15) is 0 Å². The van der Waals surface area contributed by atoms with Gasteiger partial charge in [0.2, 0.25) is 5.91 Å². The molecule has 2 heterocycles. The second kappa shape index (κ2) is 9.60. The topological polar surface area (TPSA) is 69.0 Å². The number of hydrogen-bond donors (Lipinski definition) is 1. The van der Waals surface area contributed by atoms with Crippen LogP contribution >= 0.6 is 23.1 Å². The van der Waals surface area contributed by atoms with Gasteiger partial charge in [-0.05, 0) is 29.8 Å². The number of nitrogens with zero attached hydrogens (tertiary/aromatic N) is 3. The standard InChI is InChI=1S/C22H20N4O2S2/c1-28-18-9-7-17(8-10-18)19-14-29-21(24-19)25-20(27)15-30-22-23-11-12-26(22)13-16-5-3-2-4-6-16/h2-12,14H,13,15H2,1H3,(H,24,25,27). The number of carbonyl (C=O) groups excluding carboxylic acids is 1. The molecule has 0 unspecified atom stereocenters. The molecular formula is C22H20N4O2S2. The lowest BCUT2D eigenvalue weighted by atomic mass is 10.2. The van der Waals surface area contributed by atoms with Crippen molar-refractivity contribution in [3.05, 3.63) is 77.9 Å². The molecule has 0 atom stereocenters. The molecule has 8 heteroatoms. The third-order valence-corrected chi connectivity index (χ3v) is 6.10. The number of thioether (sulfide) groups is 1. The summed E-state index contributed by atoms with van der Waals surface area (Å²) in [7, 11) is 1.64. The van der Waals surface area contributed by atoms with Crippen molar-refractivity contribution >= 4 is 34.1 Å². The van der Waals surface area contributed by atoms with Gasteiger partial charge in [0.1, 0.15) is 5.75 Å². The molecule has 0 bridgehead atoms. The van der Waals surface area contributed by atoms with E-state index in [4.69, 9.17) is 4.74 Å². The molecule has 30 heavy (non-hydrogen) atoms. The lowest BCUT2D eigenvalue weighted by Gasteiger charge is -2.07. The highest BCUT2D eigenvalue weighted by Crippen LogP contribution is 2.27. The molecule has 0 fully saturated rings. The van der Waals surface area contributed by atoms with Crippen LogP contribution in [-0.2, 0) is 11.3 Å². The van der Waals surface area contributed by atoms with E-state index in [0.29, 0.717) is 5.13 Å². The predicted molar refractivity (Wildman–Crippen MR) is 121 cm³/mol. The van der Waals surface area contributed by atoms with Gasteiger partial charge in [0.15, 0.2) is 10.3 Å². The van der Waals surface area contributed by atoms with Crippen LogP contribution in [0.1, 0.15) is 5.56 Å². The summed E-state index contributed by atoms with van der Waals surface area (Å²) in [6.45, 7) is 0.725. The number of nitrogens with one attached hydrogen (secondary N) is 1. The second-order valence-corrected chi connectivity index (χ2v) is 8.23. The van der Waals surface area contributed by atoms with Crippen LogP contribution in [0.25, 0.3) is 11.3 Å². The molecule has 0 saturated heterocycles. The van der Waals surface area contributed by atoms with Crippen LogP contribution in [0.15, 0.2) is 77.5 Å². The van der Waals surface area contributed by atoms with Crippen molar-refractivity contribution in [1.29, 1.82) is 0 Å². The van der Waals surface area contributed by atoms with E-state index in [1.54, 1.807) is 13.3 Å². The van der Waals surface area contributed by atoms with E-state index < -0.39 is 0 Å². The summed E-state index contributed by atoms with van der Waals surface area (Å²) in [6, 6.07) is 17.8. The lowest BCUT2D eigenvalue weighted by molar-refractivity contribution is -0.113. The third kappa shape index (κ3) is 5.08. The number of amides is 1. The Balaban J connectivity index is 1.33. The highest BCUT2D eigenvalue weighted by Gasteiger charge is 2.11. The Kier molecular flexibility index (Phi) is 6.46. The maximum Gasteiger partial charge on any atom is 0.236 e. The molecule has 2 aromatic heterocycles. The Labute approximate surface area is 183 Å². The zero-order valence-electron chi connectivity index (χ0n) is 16.3. The molecule has 0 aliphatic heterocycles. The Morgan fingerprint density at radius 2 is 1.97 bits per heavy atom. The Bertz CT molecular complexity index is 1110. The molecule has 4 aromatic rings. The molecule has 1 amide bonds. The van der Waals surface area contributed by atoms with Crippen molar-refractivity contribution in [2.45, 2.75) is 11.7 Å². The van der Waals surface area contributed by atoms with Crippen LogP contribution in [0.4, 0.5) is 5.13 Å². The van der Waals surface area contributed by atoms with E-state index in [1.807, 2.05) is 58.6 Å². The molecule has 0 saturated carbocycles. The van der Waals surface area contributed by atoms with Crippen molar-refractivity contribution in [2.75, 3.05) is 18.2 Å². The van der Waals surface area contributed by atoms with Gasteiger partial charge in [-0.3, -0.25) is 4.79 Å². The summed E-state index contributed by atoms with van der Waals surface area (Å²) in [4.78, 5) is 21.3. The Morgan fingerprint density at radius 3 is 2.73 bits per heavy atom. The number of imidazole rings is 1. The quantitative estimate of drug-likeness (QED) is 0.402. The van der Waals surface area contributed by atoms with Gasteiger partial charge in [0.05, 0.1) is 18.6 Å². The summed E-state index contributed by atoms with van der Waals surface area (Å²) in [6.07, 6.45) is 3.68. The fraction of sp³-hybridized carbons (Fsp3) is 0.136. The molecule has 4 rings (SSSR count). The normalized spacial score (nSPS) is 10.7. The first-order valence-electron chi connectivity index (χ1n) is 9.29. The fourth-order valence-corrected chi connectivity index (χ4v) is 4.34. The van der Waals surface area contributed by atoms with Gasteiger partial charge in [0, 0.05) is 29.9 Å². The van der Waals surface area contributed by atoms with Crippen LogP contribution in [0.3, 0.4) is 0 Å². The molecule has 0 radical (unpaired) electrons. The average molecular weight is 437 g/mol. The largest absolute Gasteiger partial charge is 0.497 e. The van der Waals surface area contributed by atoms with E-state index in [2.05, 4.69) is 27.4 Å². The number of hydrogen-bond acceptors (Lipinski definition) is 6. The van der Waals surface area contributed by atoms with Gasteiger partial charge in [-0.25, -0.2) is 9.97 Å². The van der Waals surface area contributed by atoms with Gasteiger partial charge in [-0.15, -0.1) is 11.3 Å². The van der Waals surface area contributed by atoms with Crippen molar-refractivity contribution in [3.8, 4) is 17.0 Å². The van der Waals surface area contributed by atoms with Gasteiger partial charge >= 0.3 is 0 Å². The number of benzene rings is 2. The van der Waals surface area contributed by atoms with Crippen LogP contribution in [-0.4, -0.2) is 33.3 Å². The first kappa shape index (κ1) is 20.2. The molecule has 0 spiro atoms. The summed E-state index contributed by atoms with van der Waals surface area (Å²) >= 11 is 2.82. The number of aromatic nitrogens is 3. The smallest absolute Gasteiger partial charge is 0.236 e. The molecule has 2 aromatic carbocycles. The maximum atomic E-state index is 12.4. The summed E-state index contributed by atoms with van der Waals surface area (Å²) < 4.78 is 7.22. The van der Waals surface area contributed by atoms with Crippen molar-refractivity contribution in [1.82, 2.24) is 14.5 Å². The highest BCUT2D eigenvalue weighted by molar-refractivity contribution is 7.99. The molecule has 152 valence electrons. The summed E-state index contributed by atoms with van der Waals surface area (Å²) in [5.74, 6) is 0.957. The average Bonchev–Trinajstić information content (AvgIpc) is 3.42. The molecular weight excluding hydrogens is 416 g/mol. The highest BCUT2D eigenvalue weighted by atomic mass is 32.2. The third-order valence-electron chi connectivity index (χ3n) is 4.34. The van der Waals surface area contributed by atoms with E-state index in [0.717, 1.165) is 28.7 Å². The number of rotatable bonds is 8. The number of ether oxygens (including phenoxy) is 1. The van der Waals surface area contributed by atoms with Crippen LogP contribution in [0.5, 0.6) is 5.75 Å².